The number of halogens is 1. The minimum absolute atomic E-state index is 0.286. The van der Waals surface area contributed by atoms with Crippen LogP contribution in [0, 0.1) is 6.92 Å². The minimum atomic E-state index is 0.286. The van der Waals surface area contributed by atoms with Crippen molar-refractivity contribution in [3.8, 4) is 0 Å². The molecule has 0 radical (unpaired) electrons. The number of likely N-dealkylation sites (tertiary alicyclic amines) is 1. The van der Waals surface area contributed by atoms with Crippen molar-refractivity contribution in [1.29, 1.82) is 0 Å². The average Bonchev–Trinajstić information content (AvgIpc) is 2.66. The van der Waals surface area contributed by atoms with Crippen molar-refractivity contribution in [3.63, 3.8) is 0 Å². The summed E-state index contributed by atoms with van der Waals surface area (Å²) in [6, 6.07) is 6.21. The lowest BCUT2D eigenvalue weighted by Gasteiger charge is -2.20. The van der Waals surface area contributed by atoms with Crippen molar-refractivity contribution in [2.75, 3.05) is 18.8 Å². The van der Waals surface area contributed by atoms with Crippen LogP contribution < -0.4 is 0 Å². The molecule has 0 bridgehead atoms. The van der Waals surface area contributed by atoms with E-state index in [1.165, 1.54) is 23.3 Å². The van der Waals surface area contributed by atoms with Crippen LogP contribution in [-0.4, -0.2) is 29.6 Å². The SMILES string of the molecule is Cc1cc(Br)ccc1SCC(=O)N1CCCCCC1. The number of hydrogen-bond donors (Lipinski definition) is 0. The first-order valence-corrected chi connectivity index (χ1v) is 8.61. The molecule has 0 spiro atoms. The second-order valence-corrected chi connectivity index (χ2v) is 6.93. The Balaban J connectivity index is 1.88. The number of carbonyl (C=O) groups excluding carboxylic acids is 1. The maximum absolute atomic E-state index is 12.2. The molecule has 1 heterocycles. The zero-order valence-electron chi connectivity index (χ0n) is 11.3. The average molecular weight is 342 g/mol. The molecule has 1 saturated heterocycles. The van der Waals surface area contributed by atoms with Gasteiger partial charge < -0.3 is 4.90 Å². The van der Waals surface area contributed by atoms with E-state index in [1.807, 2.05) is 11.0 Å². The van der Waals surface area contributed by atoms with Gasteiger partial charge in [-0.1, -0.05) is 28.8 Å². The molecule has 1 aromatic carbocycles. The molecule has 0 unspecified atom stereocenters. The molecule has 0 N–H and O–H groups in total. The molecule has 1 aromatic rings. The number of thioether (sulfide) groups is 1. The van der Waals surface area contributed by atoms with E-state index in [0.29, 0.717) is 5.75 Å². The van der Waals surface area contributed by atoms with Crippen LogP contribution in [0.2, 0.25) is 0 Å². The Kier molecular flexibility index (Phi) is 5.76. The van der Waals surface area contributed by atoms with Crippen molar-refractivity contribution < 1.29 is 4.79 Å². The largest absolute Gasteiger partial charge is 0.342 e. The molecule has 1 amide bonds. The number of benzene rings is 1. The van der Waals surface area contributed by atoms with E-state index < -0.39 is 0 Å². The van der Waals surface area contributed by atoms with Crippen LogP contribution in [0.3, 0.4) is 0 Å². The van der Waals surface area contributed by atoms with Gasteiger partial charge in [0, 0.05) is 22.5 Å². The lowest BCUT2D eigenvalue weighted by molar-refractivity contribution is -0.128. The van der Waals surface area contributed by atoms with Crippen LogP contribution >= 0.6 is 27.7 Å². The maximum Gasteiger partial charge on any atom is 0.232 e. The highest BCUT2D eigenvalue weighted by atomic mass is 79.9. The summed E-state index contributed by atoms with van der Waals surface area (Å²) in [6.45, 7) is 3.97. The Morgan fingerprint density at radius 3 is 2.58 bits per heavy atom. The van der Waals surface area contributed by atoms with Gasteiger partial charge in [-0.3, -0.25) is 4.79 Å². The Morgan fingerprint density at radius 1 is 1.26 bits per heavy atom. The molecule has 1 fully saturated rings. The monoisotopic (exact) mass is 341 g/mol. The van der Waals surface area contributed by atoms with E-state index in [4.69, 9.17) is 0 Å². The molecule has 4 heteroatoms. The second kappa shape index (κ2) is 7.34. The molecule has 1 aliphatic heterocycles. The Hall–Kier alpha value is -0.480. The number of amides is 1. The van der Waals surface area contributed by atoms with Gasteiger partial charge in [-0.05, 0) is 43.5 Å². The van der Waals surface area contributed by atoms with E-state index in [1.54, 1.807) is 11.8 Å². The third-order valence-corrected chi connectivity index (χ3v) is 5.10. The van der Waals surface area contributed by atoms with E-state index >= 15 is 0 Å². The van der Waals surface area contributed by atoms with Gasteiger partial charge in [-0.25, -0.2) is 0 Å². The molecule has 19 heavy (non-hydrogen) atoms. The summed E-state index contributed by atoms with van der Waals surface area (Å²) in [4.78, 5) is 15.4. The number of carbonyl (C=O) groups is 1. The molecule has 0 aromatic heterocycles. The van der Waals surface area contributed by atoms with Crippen molar-refractivity contribution in [2.24, 2.45) is 0 Å². The zero-order valence-corrected chi connectivity index (χ0v) is 13.7. The second-order valence-electron chi connectivity index (χ2n) is 4.99. The topological polar surface area (TPSA) is 20.3 Å². The molecular weight excluding hydrogens is 322 g/mol. The van der Waals surface area contributed by atoms with Gasteiger partial charge >= 0.3 is 0 Å². The lowest BCUT2D eigenvalue weighted by Crippen LogP contribution is -2.33. The molecule has 0 atom stereocenters. The lowest BCUT2D eigenvalue weighted by atomic mass is 10.2. The van der Waals surface area contributed by atoms with E-state index in [2.05, 4.69) is 35.0 Å². The summed E-state index contributed by atoms with van der Waals surface area (Å²) in [7, 11) is 0. The van der Waals surface area contributed by atoms with E-state index in [-0.39, 0.29) is 5.91 Å². The van der Waals surface area contributed by atoms with Crippen molar-refractivity contribution in [1.82, 2.24) is 4.90 Å². The summed E-state index contributed by atoms with van der Waals surface area (Å²) < 4.78 is 1.09. The molecule has 0 aliphatic carbocycles. The predicted molar refractivity (Wildman–Crippen MR) is 84.7 cm³/mol. The minimum Gasteiger partial charge on any atom is -0.342 e. The van der Waals surface area contributed by atoms with Gasteiger partial charge in [0.25, 0.3) is 0 Å². The summed E-state index contributed by atoms with van der Waals surface area (Å²) in [5.41, 5.74) is 1.23. The van der Waals surface area contributed by atoms with Crippen LogP contribution in [-0.2, 0) is 4.79 Å². The van der Waals surface area contributed by atoms with Crippen LogP contribution in [0.4, 0.5) is 0 Å². The number of aryl methyl sites for hydroxylation is 1. The van der Waals surface area contributed by atoms with Crippen molar-refractivity contribution in [2.45, 2.75) is 37.5 Å². The van der Waals surface area contributed by atoms with Gasteiger partial charge in [0.15, 0.2) is 0 Å². The highest BCUT2D eigenvalue weighted by molar-refractivity contribution is 9.10. The molecular formula is C15H20BrNOS. The fourth-order valence-corrected chi connectivity index (χ4v) is 3.71. The van der Waals surface area contributed by atoms with Crippen molar-refractivity contribution >= 4 is 33.6 Å². The van der Waals surface area contributed by atoms with Gasteiger partial charge in [0.2, 0.25) is 5.91 Å². The van der Waals surface area contributed by atoms with Crippen LogP contribution in [0.5, 0.6) is 0 Å². The summed E-state index contributed by atoms with van der Waals surface area (Å²) in [5.74, 6) is 0.844. The van der Waals surface area contributed by atoms with Gasteiger partial charge in [-0.2, -0.15) is 0 Å². The quantitative estimate of drug-likeness (QED) is 0.766. The number of nitrogens with zero attached hydrogens (tertiary/aromatic N) is 1. The summed E-state index contributed by atoms with van der Waals surface area (Å²) in [6.07, 6.45) is 4.85. The first-order chi connectivity index (χ1) is 9.16. The fraction of sp³-hybridized carbons (Fsp3) is 0.533. The normalized spacial score (nSPS) is 16.2. The molecule has 0 saturated carbocycles. The molecule has 2 nitrogen and oxygen atoms in total. The smallest absolute Gasteiger partial charge is 0.232 e. The van der Waals surface area contributed by atoms with Gasteiger partial charge in [-0.15, -0.1) is 11.8 Å². The first-order valence-electron chi connectivity index (χ1n) is 6.83. The van der Waals surface area contributed by atoms with Crippen LogP contribution in [0.1, 0.15) is 31.2 Å². The predicted octanol–water partition coefficient (Wildman–Crippen LogP) is 4.25. The first kappa shape index (κ1) is 14.9. The van der Waals surface area contributed by atoms with Crippen LogP contribution in [0.25, 0.3) is 0 Å². The Morgan fingerprint density at radius 2 is 1.95 bits per heavy atom. The number of rotatable bonds is 3. The van der Waals surface area contributed by atoms with Gasteiger partial charge in [0.1, 0.15) is 0 Å². The Labute approximate surface area is 128 Å². The summed E-state index contributed by atoms with van der Waals surface area (Å²) >= 11 is 5.12. The third-order valence-electron chi connectivity index (χ3n) is 3.45. The highest BCUT2D eigenvalue weighted by Gasteiger charge is 2.15. The van der Waals surface area contributed by atoms with E-state index in [0.717, 1.165) is 30.4 Å². The molecule has 1 aliphatic rings. The van der Waals surface area contributed by atoms with Gasteiger partial charge in [0.05, 0.1) is 5.75 Å². The third kappa shape index (κ3) is 4.53. The van der Waals surface area contributed by atoms with E-state index in [9.17, 15) is 4.79 Å². The van der Waals surface area contributed by atoms with Crippen LogP contribution in [0.15, 0.2) is 27.6 Å². The maximum atomic E-state index is 12.2. The fourth-order valence-electron chi connectivity index (χ4n) is 2.33. The molecule has 104 valence electrons. The van der Waals surface area contributed by atoms with Crippen molar-refractivity contribution in [3.05, 3.63) is 28.2 Å². The highest BCUT2D eigenvalue weighted by Crippen LogP contribution is 2.25. The zero-order chi connectivity index (χ0) is 13.7. The standard InChI is InChI=1S/C15H20BrNOS/c1-12-10-13(16)6-7-14(12)19-11-15(18)17-8-4-2-3-5-9-17/h6-7,10H,2-5,8-9,11H2,1H3. The summed E-state index contributed by atoms with van der Waals surface area (Å²) in [5, 5.41) is 0. The number of hydrogen-bond acceptors (Lipinski definition) is 2. The Bertz CT molecular complexity index is 442. The molecule has 2 rings (SSSR count).